The summed E-state index contributed by atoms with van der Waals surface area (Å²) in [6.07, 6.45) is 4.02. The van der Waals surface area contributed by atoms with Crippen LogP contribution in [0.15, 0.2) is 64.0 Å². The minimum Gasteiger partial charge on any atom is -0.504 e. The third-order valence-corrected chi connectivity index (χ3v) is 4.84. The van der Waals surface area contributed by atoms with Crippen molar-refractivity contribution in [3.8, 4) is 11.5 Å². The molecule has 1 aliphatic rings. The first-order valence-electron chi connectivity index (χ1n) is 8.07. The lowest BCUT2D eigenvalue weighted by Crippen LogP contribution is -2.12. The molecule has 0 unspecified atom stereocenters. The third kappa shape index (κ3) is 3.49. The lowest BCUT2D eigenvalue weighted by Gasteiger charge is -2.02. The van der Waals surface area contributed by atoms with Crippen LogP contribution in [-0.2, 0) is 0 Å². The van der Waals surface area contributed by atoms with E-state index < -0.39 is 0 Å². The molecule has 1 heterocycles. The molecule has 1 aromatic heterocycles. The van der Waals surface area contributed by atoms with E-state index in [9.17, 15) is 10.2 Å². The molecular formula is C19H17N3O2S. The van der Waals surface area contributed by atoms with Crippen molar-refractivity contribution in [1.29, 1.82) is 0 Å². The van der Waals surface area contributed by atoms with Crippen LogP contribution in [0.3, 0.4) is 0 Å². The first-order chi connectivity index (χ1) is 12.2. The number of rotatable bonds is 4. The first-order valence-corrected chi connectivity index (χ1v) is 8.95. The largest absolute Gasteiger partial charge is 0.504 e. The summed E-state index contributed by atoms with van der Waals surface area (Å²) >= 11 is 1.57. The molecule has 1 fully saturated rings. The zero-order valence-electron chi connectivity index (χ0n) is 13.4. The molecule has 2 N–H and O–H groups in total. The van der Waals surface area contributed by atoms with Gasteiger partial charge in [-0.1, -0.05) is 18.2 Å². The Kier molecular flexibility index (Phi) is 4.11. The van der Waals surface area contributed by atoms with E-state index in [4.69, 9.17) is 4.99 Å². The van der Waals surface area contributed by atoms with Crippen LogP contribution in [0.1, 0.15) is 30.0 Å². The standard InChI is InChI=1S/C19H17N3O2S/c23-17-9-6-13(10-18(17)24)11-20-22-16(14-7-8-14)12-25-19(22)21-15-4-2-1-3-5-15/h1-6,9-12,14,23-24H,7-8H2. The maximum atomic E-state index is 9.62. The molecule has 1 aliphatic carbocycles. The maximum Gasteiger partial charge on any atom is 0.211 e. The Balaban J connectivity index is 1.74. The Hall–Kier alpha value is -2.86. The Labute approximate surface area is 148 Å². The molecule has 6 heteroatoms. The Morgan fingerprint density at radius 2 is 1.84 bits per heavy atom. The molecule has 1 saturated carbocycles. The molecular weight excluding hydrogens is 334 g/mol. The van der Waals surface area contributed by atoms with E-state index in [-0.39, 0.29) is 11.5 Å². The van der Waals surface area contributed by atoms with Crippen LogP contribution in [0, 0.1) is 0 Å². The fraction of sp³-hybridized carbons (Fsp3) is 0.158. The van der Waals surface area contributed by atoms with Gasteiger partial charge >= 0.3 is 0 Å². The second-order valence-corrected chi connectivity index (χ2v) is 6.81. The van der Waals surface area contributed by atoms with Gasteiger partial charge in [0.15, 0.2) is 11.5 Å². The average Bonchev–Trinajstić information content (AvgIpc) is 3.39. The highest BCUT2D eigenvalue weighted by molar-refractivity contribution is 7.07. The van der Waals surface area contributed by atoms with Gasteiger partial charge in [0.25, 0.3) is 0 Å². The van der Waals surface area contributed by atoms with Crippen LogP contribution < -0.4 is 4.80 Å². The van der Waals surface area contributed by atoms with Crippen LogP contribution in [0.4, 0.5) is 5.69 Å². The summed E-state index contributed by atoms with van der Waals surface area (Å²) < 4.78 is 1.87. The molecule has 25 heavy (non-hydrogen) atoms. The van der Waals surface area contributed by atoms with Gasteiger partial charge in [0.2, 0.25) is 4.80 Å². The van der Waals surface area contributed by atoms with Gasteiger partial charge in [-0.05, 0) is 48.7 Å². The number of hydrogen-bond donors (Lipinski definition) is 2. The van der Waals surface area contributed by atoms with Gasteiger partial charge in [0.1, 0.15) is 0 Å². The highest BCUT2D eigenvalue weighted by atomic mass is 32.1. The molecule has 0 atom stereocenters. The topological polar surface area (TPSA) is 70.1 Å². The number of thiazole rings is 1. The number of hydrogen-bond acceptors (Lipinski definition) is 5. The summed E-state index contributed by atoms with van der Waals surface area (Å²) in [4.78, 5) is 5.51. The summed E-state index contributed by atoms with van der Waals surface area (Å²) in [5.41, 5.74) is 2.76. The molecule has 3 aromatic rings. The summed E-state index contributed by atoms with van der Waals surface area (Å²) in [7, 11) is 0. The van der Waals surface area contributed by atoms with E-state index in [1.165, 1.54) is 30.7 Å². The number of nitrogens with zero attached hydrogens (tertiary/aromatic N) is 3. The van der Waals surface area contributed by atoms with Crippen LogP contribution in [0.2, 0.25) is 0 Å². The minimum atomic E-state index is -0.157. The summed E-state index contributed by atoms with van der Waals surface area (Å²) in [5.74, 6) is 0.246. The van der Waals surface area contributed by atoms with Crippen molar-refractivity contribution in [1.82, 2.24) is 4.68 Å². The molecule has 126 valence electrons. The predicted molar refractivity (Wildman–Crippen MR) is 98.7 cm³/mol. The van der Waals surface area contributed by atoms with Gasteiger partial charge in [-0.25, -0.2) is 9.67 Å². The normalized spacial score (nSPS) is 15.1. The first kappa shape index (κ1) is 15.7. The molecule has 0 radical (unpaired) electrons. The molecule has 0 amide bonds. The highest BCUT2D eigenvalue weighted by Gasteiger charge is 2.27. The van der Waals surface area contributed by atoms with E-state index in [1.54, 1.807) is 23.6 Å². The molecule has 4 rings (SSSR count). The van der Waals surface area contributed by atoms with Crippen molar-refractivity contribution in [2.24, 2.45) is 10.1 Å². The SMILES string of the molecule is Oc1ccc(C=Nn2c(C3CC3)csc2=Nc2ccccc2)cc1O. The fourth-order valence-electron chi connectivity index (χ4n) is 2.52. The Bertz CT molecular complexity index is 985. The van der Waals surface area contributed by atoms with E-state index in [0.29, 0.717) is 11.5 Å². The van der Waals surface area contributed by atoms with E-state index in [1.807, 2.05) is 35.0 Å². The van der Waals surface area contributed by atoms with Crippen LogP contribution in [0.5, 0.6) is 11.5 Å². The second kappa shape index (κ2) is 6.57. The second-order valence-electron chi connectivity index (χ2n) is 5.97. The smallest absolute Gasteiger partial charge is 0.211 e. The third-order valence-electron chi connectivity index (χ3n) is 4.01. The summed E-state index contributed by atoms with van der Waals surface area (Å²) in [6.45, 7) is 0. The Morgan fingerprint density at radius 1 is 1.04 bits per heavy atom. The van der Waals surface area contributed by atoms with Gasteiger partial charge in [0.05, 0.1) is 17.6 Å². The molecule has 5 nitrogen and oxygen atoms in total. The number of benzene rings is 2. The fourth-order valence-corrected chi connectivity index (χ4v) is 3.45. The zero-order chi connectivity index (χ0) is 17.2. The maximum absolute atomic E-state index is 9.62. The highest BCUT2D eigenvalue weighted by Crippen LogP contribution is 2.40. The van der Waals surface area contributed by atoms with Gasteiger partial charge in [-0.3, -0.25) is 0 Å². The van der Waals surface area contributed by atoms with Crippen molar-refractivity contribution in [3.05, 3.63) is 70.0 Å². The van der Waals surface area contributed by atoms with Crippen LogP contribution >= 0.6 is 11.3 Å². The minimum absolute atomic E-state index is 0.140. The number of phenolic OH excluding ortho intramolecular Hbond substituents is 2. The molecule has 0 saturated heterocycles. The van der Waals surface area contributed by atoms with Crippen LogP contribution in [-0.4, -0.2) is 21.1 Å². The summed E-state index contributed by atoms with van der Waals surface area (Å²) in [5, 5.41) is 25.7. The van der Waals surface area contributed by atoms with E-state index in [2.05, 4.69) is 10.5 Å². The van der Waals surface area contributed by atoms with Gasteiger partial charge in [-0.2, -0.15) is 5.10 Å². The van der Waals surface area contributed by atoms with E-state index in [0.717, 1.165) is 10.5 Å². The summed E-state index contributed by atoms with van der Waals surface area (Å²) in [6, 6.07) is 14.4. The zero-order valence-corrected chi connectivity index (χ0v) is 14.2. The van der Waals surface area contributed by atoms with Crippen molar-refractivity contribution in [2.45, 2.75) is 18.8 Å². The lowest BCUT2D eigenvalue weighted by atomic mass is 10.2. The molecule has 0 spiro atoms. The van der Waals surface area contributed by atoms with Crippen molar-refractivity contribution in [2.75, 3.05) is 0 Å². The number of para-hydroxylation sites is 1. The predicted octanol–water partition coefficient (Wildman–Crippen LogP) is 3.95. The number of aromatic nitrogens is 1. The number of phenols is 2. The van der Waals surface area contributed by atoms with Crippen LogP contribution in [0.25, 0.3) is 0 Å². The van der Waals surface area contributed by atoms with Crippen molar-refractivity contribution >= 4 is 23.2 Å². The van der Waals surface area contributed by atoms with Gasteiger partial charge < -0.3 is 10.2 Å². The van der Waals surface area contributed by atoms with Crippen molar-refractivity contribution < 1.29 is 10.2 Å². The molecule has 0 aliphatic heterocycles. The lowest BCUT2D eigenvalue weighted by molar-refractivity contribution is 0.403. The monoisotopic (exact) mass is 351 g/mol. The van der Waals surface area contributed by atoms with Gasteiger partial charge in [-0.15, -0.1) is 11.3 Å². The van der Waals surface area contributed by atoms with E-state index >= 15 is 0 Å². The Morgan fingerprint density at radius 3 is 2.56 bits per heavy atom. The average molecular weight is 351 g/mol. The van der Waals surface area contributed by atoms with Gasteiger partial charge in [0, 0.05) is 11.3 Å². The number of aromatic hydroxyl groups is 2. The molecule has 0 bridgehead atoms. The van der Waals surface area contributed by atoms with Crippen molar-refractivity contribution in [3.63, 3.8) is 0 Å². The quantitative estimate of drug-likeness (QED) is 0.552. The molecule has 2 aromatic carbocycles.